The SMILES string of the molecule is CCC(=O)N1CCC(NC(=NC)NCc2cccc(NC(=O)c3ccco3)c2)C1.I. The van der Waals surface area contributed by atoms with Crippen LogP contribution in [0, 0.1) is 0 Å². The number of hydrogen-bond acceptors (Lipinski definition) is 4. The van der Waals surface area contributed by atoms with Crippen molar-refractivity contribution in [2.45, 2.75) is 32.4 Å². The predicted molar refractivity (Wildman–Crippen MR) is 127 cm³/mol. The summed E-state index contributed by atoms with van der Waals surface area (Å²) in [6.45, 7) is 3.91. The average Bonchev–Trinajstić information content (AvgIpc) is 3.43. The molecule has 30 heavy (non-hydrogen) atoms. The van der Waals surface area contributed by atoms with Crippen LogP contribution < -0.4 is 16.0 Å². The third-order valence-electron chi connectivity index (χ3n) is 4.80. The van der Waals surface area contributed by atoms with Gasteiger partial charge >= 0.3 is 0 Å². The summed E-state index contributed by atoms with van der Waals surface area (Å²) in [7, 11) is 1.72. The second kappa shape index (κ2) is 11.6. The fraction of sp³-hybridized carbons (Fsp3) is 0.381. The Morgan fingerprint density at radius 3 is 2.80 bits per heavy atom. The quantitative estimate of drug-likeness (QED) is 0.306. The fourth-order valence-corrected chi connectivity index (χ4v) is 3.26. The van der Waals surface area contributed by atoms with Crippen molar-refractivity contribution in [2.75, 3.05) is 25.5 Å². The van der Waals surface area contributed by atoms with E-state index in [1.54, 1.807) is 19.2 Å². The van der Waals surface area contributed by atoms with Gasteiger partial charge < -0.3 is 25.3 Å². The number of rotatable bonds is 6. The lowest BCUT2D eigenvalue weighted by Gasteiger charge is -2.19. The molecule has 0 radical (unpaired) electrons. The Morgan fingerprint density at radius 2 is 2.10 bits per heavy atom. The van der Waals surface area contributed by atoms with Gasteiger partial charge in [0, 0.05) is 44.8 Å². The van der Waals surface area contributed by atoms with E-state index in [9.17, 15) is 9.59 Å². The molecule has 0 spiro atoms. The highest BCUT2D eigenvalue weighted by atomic mass is 127. The molecule has 162 valence electrons. The van der Waals surface area contributed by atoms with Crippen LogP contribution in [0.1, 0.15) is 35.9 Å². The molecule has 1 atom stereocenters. The molecule has 1 aliphatic rings. The van der Waals surface area contributed by atoms with Crippen molar-refractivity contribution in [3.8, 4) is 0 Å². The number of hydrogen-bond donors (Lipinski definition) is 3. The van der Waals surface area contributed by atoms with E-state index < -0.39 is 0 Å². The zero-order chi connectivity index (χ0) is 20.6. The molecule has 1 unspecified atom stereocenters. The van der Waals surface area contributed by atoms with Gasteiger partial charge in [-0.1, -0.05) is 19.1 Å². The number of likely N-dealkylation sites (tertiary alicyclic amines) is 1. The number of nitrogens with zero attached hydrogens (tertiary/aromatic N) is 2. The minimum absolute atomic E-state index is 0. The van der Waals surface area contributed by atoms with Crippen LogP contribution in [0.3, 0.4) is 0 Å². The zero-order valence-corrected chi connectivity index (χ0v) is 19.5. The van der Waals surface area contributed by atoms with Crippen molar-refractivity contribution < 1.29 is 14.0 Å². The maximum Gasteiger partial charge on any atom is 0.291 e. The Labute approximate surface area is 193 Å². The first-order chi connectivity index (χ1) is 14.1. The van der Waals surface area contributed by atoms with Crippen LogP contribution in [0.25, 0.3) is 0 Å². The van der Waals surface area contributed by atoms with E-state index in [2.05, 4.69) is 20.9 Å². The minimum Gasteiger partial charge on any atom is -0.459 e. The highest BCUT2D eigenvalue weighted by Gasteiger charge is 2.25. The van der Waals surface area contributed by atoms with Crippen LogP contribution in [0.5, 0.6) is 0 Å². The van der Waals surface area contributed by atoms with Crippen LogP contribution in [-0.4, -0.2) is 48.9 Å². The topological polar surface area (TPSA) is 99.0 Å². The normalized spacial score (nSPS) is 16.0. The van der Waals surface area contributed by atoms with E-state index in [1.807, 2.05) is 36.1 Å². The average molecular weight is 525 g/mol. The third-order valence-corrected chi connectivity index (χ3v) is 4.80. The van der Waals surface area contributed by atoms with Crippen LogP contribution in [0.2, 0.25) is 0 Å². The van der Waals surface area contributed by atoms with Crippen LogP contribution in [0.15, 0.2) is 52.1 Å². The lowest BCUT2D eigenvalue weighted by Crippen LogP contribution is -2.44. The molecule has 1 aromatic heterocycles. The summed E-state index contributed by atoms with van der Waals surface area (Å²) in [5.41, 5.74) is 1.69. The fourth-order valence-electron chi connectivity index (χ4n) is 3.26. The maximum absolute atomic E-state index is 12.1. The van der Waals surface area contributed by atoms with Gasteiger partial charge in [-0.2, -0.15) is 0 Å². The molecule has 1 saturated heterocycles. The summed E-state index contributed by atoms with van der Waals surface area (Å²) in [5, 5.41) is 9.48. The van der Waals surface area contributed by atoms with E-state index in [1.165, 1.54) is 6.26 Å². The standard InChI is InChI=1S/C21H27N5O3.HI/c1-3-19(27)26-10-9-17(14-26)25-21(22-2)23-13-15-6-4-7-16(12-15)24-20(28)18-8-5-11-29-18;/h4-8,11-12,17H,3,9-10,13-14H2,1-2H3,(H,24,28)(H2,22,23,25);1H. The zero-order valence-electron chi connectivity index (χ0n) is 17.2. The van der Waals surface area contributed by atoms with Gasteiger partial charge in [-0.25, -0.2) is 0 Å². The Kier molecular flexibility index (Phi) is 9.15. The number of furan rings is 1. The molecule has 9 heteroatoms. The van der Waals surface area contributed by atoms with Gasteiger partial charge in [0.15, 0.2) is 11.7 Å². The first-order valence-electron chi connectivity index (χ1n) is 9.77. The van der Waals surface area contributed by atoms with Crippen molar-refractivity contribution in [3.05, 3.63) is 54.0 Å². The van der Waals surface area contributed by atoms with Crippen molar-refractivity contribution in [1.29, 1.82) is 0 Å². The van der Waals surface area contributed by atoms with Gasteiger partial charge in [-0.15, -0.1) is 24.0 Å². The number of nitrogens with one attached hydrogen (secondary N) is 3. The van der Waals surface area contributed by atoms with Crippen LogP contribution in [0.4, 0.5) is 5.69 Å². The summed E-state index contributed by atoms with van der Waals surface area (Å²) in [6.07, 6.45) is 2.91. The Hall–Kier alpha value is -2.56. The van der Waals surface area contributed by atoms with Gasteiger partial charge in [0.2, 0.25) is 5.91 Å². The number of benzene rings is 1. The largest absolute Gasteiger partial charge is 0.459 e. The number of carbonyl (C=O) groups excluding carboxylic acids is 2. The summed E-state index contributed by atoms with van der Waals surface area (Å²) >= 11 is 0. The number of guanidine groups is 1. The van der Waals surface area contributed by atoms with E-state index in [4.69, 9.17) is 4.42 Å². The number of anilines is 1. The van der Waals surface area contributed by atoms with E-state index in [0.717, 1.165) is 18.5 Å². The van der Waals surface area contributed by atoms with Crippen molar-refractivity contribution in [3.63, 3.8) is 0 Å². The van der Waals surface area contributed by atoms with Crippen molar-refractivity contribution >= 4 is 47.4 Å². The summed E-state index contributed by atoms with van der Waals surface area (Å²) in [6, 6.07) is 11.1. The summed E-state index contributed by atoms with van der Waals surface area (Å²) < 4.78 is 5.11. The maximum atomic E-state index is 12.1. The molecule has 2 heterocycles. The smallest absolute Gasteiger partial charge is 0.291 e. The highest BCUT2D eigenvalue weighted by Crippen LogP contribution is 2.13. The molecule has 0 bridgehead atoms. The van der Waals surface area contributed by atoms with Gasteiger partial charge in [-0.05, 0) is 36.2 Å². The molecular weight excluding hydrogens is 497 g/mol. The van der Waals surface area contributed by atoms with E-state index >= 15 is 0 Å². The number of amides is 2. The molecule has 1 aliphatic heterocycles. The number of aliphatic imine (C=N–C) groups is 1. The molecule has 0 aliphatic carbocycles. The lowest BCUT2D eigenvalue weighted by molar-refractivity contribution is -0.129. The Bertz CT molecular complexity index is 869. The Balaban J connectivity index is 0.00000320. The molecular formula is C21H28IN5O3. The lowest BCUT2D eigenvalue weighted by atomic mass is 10.2. The molecule has 8 nitrogen and oxygen atoms in total. The molecule has 3 rings (SSSR count). The molecule has 1 fully saturated rings. The van der Waals surface area contributed by atoms with Gasteiger partial charge in [0.1, 0.15) is 0 Å². The Morgan fingerprint density at radius 1 is 1.27 bits per heavy atom. The first kappa shape index (κ1) is 23.7. The molecule has 0 saturated carbocycles. The molecule has 1 aromatic carbocycles. The van der Waals surface area contributed by atoms with Gasteiger partial charge in [-0.3, -0.25) is 14.6 Å². The first-order valence-corrected chi connectivity index (χ1v) is 9.77. The molecule has 3 N–H and O–H groups in total. The summed E-state index contributed by atoms with van der Waals surface area (Å²) in [5.74, 6) is 0.853. The number of carbonyl (C=O) groups is 2. The van der Waals surface area contributed by atoms with E-state index in [0.29, 0.717) is 31.2 Å². The molecule has 2 amide bonds. The van der Waals surface area contributed by atoms with Gasteiger partial charge in [0.05, 0.1) is 6.26 Å². The number of halogens is 1. The monoisotopic (exact) mass is 525 g/mol. The van der Waals surface area contributed by atoms with Crippen molar-refractivity contribution in [1.82, 2.24) is 15.5 Å². The van der Waals surface area contributed by atoms with Crippen molar-refractivity contribution in [2.24, 2.45) is 4.99 Å². The second-order valence-corrected chi connectivity index (χ2v) is 6.88. The van der Waals surface area contributed by atoms with Gasteiger partial charge in [0.25, 0.3) is 5.91 Å². The predicted octanol–water partition coefficient (Wildman–Crippen LogP) is 2.83. The second-order valence-electron chi connectivity index (χ2n) is 6.88. The summed E-state index contributed by atoms with van der Waals surface area (Å²) in [4.78, 5) is 30.1. The minimum atomic E-state index is -0.287. The third kappa shape index (κ3) is 6.48. The van der Waals surface area contributed by atoms with E-state index in [-0.39, 0.29) is 47.6 Å². The van der Waals surface area contributed by atoms with Crippen LogP contribution >= 0.6 is 24.0 Å². The highest BCUT2D eigenvalue weighted by molar-refractivity contribution is 14.0. The molecule has 2 aromatic rings. The van der Waals surface area contributed by atoms with Crippen LogP contribution in [-0.2, 0) is 11.3 Å².